The van der Waals surface area contributed by atoms with Gasteiger partial charge in [0.05, 0.1) is 13.7 Å². The molecule has 2 aromatic rings. The van der Waals surface area contributed by atoms with E-state index in [4.69, 9.17) is 4.74 Å². The lowest BCUT2D eigenvalue weighted by Crippen LogP contribution is -2.20. The zero-order chi connectivity index (χ0) is 15.1. The molecule has 1 N–H and O–H groups in total. The van der Waals surface area contributed by atoms with E-state index in [1.807, 2.05) is 6.92 Å². The molecular formula is C13H18FN5OS. The van der Waals surface area contributed by atoms with Crippen LogP contribution < -0.4 is 10.1 Å². The fourth-order valence-corrected chi connectivity index (χ4v) is 2.65. The fraction of sp³-hybridized carbons (Fsp3) is 0.462. The first kappa shape index (κ1) is 15.7. The standard InChI is InChI=1S/C13H18FN5OS/c1-3-15-7-8-19-13(16-17-18-19)21-9-10-5-4-6-11(20-2)12(10)14/h4-6,15H,3,7-9H2,1-2H3. The zero-order valence-corrected chi connectivity index (χ0v) is 12.9. The number of hydrogen-bond donors (Lipinski definition) is 1. The zero-order valence-electron chi connectivity index (χ0n) is 12.0. The number of halogens is 1. The monoisotopic (exact) mass is 311 g/mol. The second-order valence-electron chi connectivity index (χ2n) is 4.26. The van der Waals surface area contributed by atoms with Gasteiger partial charge in [-0.3, -0.25) is 0 Å². The summed E-state index contributed by atoms with van der Waals surface area (Å²) in [6, 6.07) is 5.10. The summed E-state index contributed by atoms with van der Waals surface area (Å²) < 4.78 is 20.7. The maximum Gasteiger partial charge on any atom is 0.209 e. The van der Waals surface area contributed by atoms with Gasteiger partial charge in [0, 0.05) is 17.9 Å². The second kappa shape index (κ2) is 7.94. The van der Waals surface area contributed by atoms with Crippen LogP contribution >= 0.6 is 11.8 Å². The Morgan fingerprint density at radius 3 is 3.05 bits per heavy atom. The molecule has 114 valence electrons. The van der Waals surface area contributed by atoms with Gasteiger partial charge in [-0.2, -0.15) is 0 Å². The first-order valence-electron chi connectivity index (χ1n) is 6.67. The molecule has 0 saturated carbocycles. The quantitative estimate of drug-likeness (QED) is 0.591. The molecule has 0 radical (unpaired) electrons. The van der Waals surface area contributed by atoms with Gasteiger partial charge in [0.15, 0.2) is 11.6 Å². The van der Waals surface area contributed by atoms with Crippen molar-refractivity contribution in [1.29, 1.82) is 0 Å². The number of rotatable bonds is 8. The van der Waals surface area contributed by atoms with Crippen LogP contribution in [0.1, 0.15) is 12.5 Å². The minimum Gasteiger partial charge on any atom is -0.494 e. The van der Waals surface area contributed by atoms with E-state index in [0.717, 1.165) is 13.1 Å². The molecule has 0 saturated heterocycles. The summed E-state index contributed by atoms with van der Waals surface area (Å²) in [5, 5.41) is 15.4. The molecule has 1 aromatic carbocycles. The number of thioether (sulfide) groups is 1. The van der Waals surface area contributed by atoms with Crippen molar-refractivity contribution < 1.29 is 9.13 Å². The molecule has 1 heterocycles. The van der Waals surface area contributed by atoms with E-state index in [0.29, 0.717) is 23.0 Å². The number of benzene rings is 1. The van der Waals surface area contributed by atoms with E-state index in [-0.39, 0.29) is 11.6 Å². The average molecular weight is 311 g/mol. The van der Waals surface area contributed by atoms with Gasteiger partial charge in [-0.1, -0.05) is 30.8 Å². The molecule has 0 spiro atoms. The van der Waals surface area contributed by atoms with Gasteiger partial charge >= 0.3 is 0 Å². The van der Waals surface area contributed by atoms with Gasteiger partial charge < -0.3 is 10.1 Å². The van der Waals surface area contributed by atoms with Crippen LogP contribution in [0, 0.1) is 5.82 Å². The largest absolute Gasteiger partial charge is 0.494 e. The molecule has 0 amide bonds. The van der Waals surface area contributed by atoms with Crippen molar-refractivity contribution in [1.82, 2.24) is 25.5 Å². The highest BCUT2D eigenvalue weighted by molar-refractivity contribution is 7.98. The summed E-state index contributed by atoms with van der Waals surface area (Å²) in [6.07, 6.45) is 0. The third-order valence-electron chi connectivity index (χ3n) is 2.87. The van der Waals surface area contributed by atoms with Crippen LogP contribution in [0.2, 0.25) is 0 Å². The summed E-state index contributed by atoms with van der Waals surface area (Å²) in [7, 11) is 1.45. The van der Waals surface area contributed by atoms with Crippen LogP contribution in [0.3, 0.4) is 0 Å². The molecular weight excluding hydrogens is 293 g/mol. The van der Waals surface area contributed by atoms with E-state index < -0.39 is 0 Å². The van der Waals surface area contributed by atoms with Gasteiger partial charge in [0.25, 0.3) is 0 Å². The lowest BCUT2D eigenvalue weighted by molar-refractivity contribution is 0.385. The number of methoxy groups -OCH3 is 1. The molecule has 6 nitrogen and oxygen atoms in total. The van der Waals surface area contributed by atoms with Crippen LogP contribution in [0.15, 0.2) is 23.4 Å². The molecule has 0 fully saturated rings. The topological polar surface area (TPSA) is 64.9 Å². The van der Waals surface area contributed by atoms with Crippen molar-refractivity contribution >= 4 is 11.8 Å². The van der Waals surface area contributed by atoms with Crippen molar-refractivity contribution in [3.63, 3.8) is 0 Å². The summed E-state index contributed by atoms with van der Waals surface area (Å²) in [4.78, 5) is 0. The third-order valence-corrected chi connectivity index (χ3v) is 3.88. The van der Waals surface area contributed by atoms with Gasteiger partial charge in [-0.25, -0.2) is 9.07 Å². The van der Waals surface area contributed by atoms with E-state index in [1.54, 1.807) is 22.9 Å². The lowest BCUT2D eigenvalue weighted by Gasteiger charge is -2.07. The Kier molecular flexibility index (Phi) is 5.94. The molecule has 0 aliphatic heterocycles. The van der Waals surface area contributed by atoms with Crippen LogP contribution in [0.25, 0.3) is 0 Å². The number of hydrogen-bond acceptors (Lipinski definition) is 6. The molecule has 0 unspecified atom stereocenters. The van der Waals surface area contributed by atoms with E-state index in [2.05, 4.69) is 20.8 Å². The van der Waals surface area contributed by atoms with Crippen molar-refractivity contribution in [3.05, 3.63) is 29.6 Å². The van der Waals surface area contributed by atoms with Crippen LogP contribution in [-0.4, -0.2) is 40.4 Å². The SMILES string of the molecule is CCNCCn1nnnc1SCc1cccc(OC)c1F. The highest BCUT2D eigenvalue weighted by Gasteiger charge is 2.11. The predicted molar refractivity (Wildman–Crippen MR) is 78.9 cm³/mol. The predicted octanol–water partition coefficient (Wildman–Crippen LogP) is 1.72. The highest BCUT2D eigenvalue weighted by atomic mass is 32.2. The average Bonchev–Trinajstić information content (AvgIpc) is 2.94. The second-order valence-corrected chi connectivity index (χ2v) is 5.20. The van der Waals surface area contributed by atoms with Crippen molar-refractivity contribution in [2.75, 3.05) is 20.2 Å². The number of ether oxygens (including phenoxy) is 1. The minimum atomic E-state index is -0.334. The Bertz CT molecular complexity index is 577. The van der Waals surface area contributed by atoms with Crippen LogP contribution in [-0.2, 0) is 12.3 Å². The van der Waals surface area contributed by atoms with Crippen molar-refractivity contribution in [2.45, 2.75) is 24.4 Å². The van der Waals surface area contributed by atoms with Crippen LogP contribution in [0.5, 0.6) is 5.75 Å². The lowest BCUT2D eigenvalue weighted by atomic mass is 10.2. The van der Waals surface area contributed by atoms with Gasteiger partial charge in [-0.05, 0) is 23.0 Å². The number of tetrazole rings is 1. The highest BCUT2D eigenvalue weighted by Crippen LogP contribution is 2.26. The van der Waals surface area contributed by atoms with Crippen LogP contribution in [0.4, 0.5) is 4.39 Å². The molecule has 21 heavy (non-hydrogen) atoms. The maximum atomic E-state index is 14.0. The molecule has 0 aliphatic carbocycles. The number of aromatic nitrogens is 4. The number of nitrogens with zero attached hydrogens (tertiary/aromatic N) is 4. The molecule has 2 rings (SSSR count). The third kappa shape index (κ3) is 4.15. The Labute approximate surface area is 127 Å². The van der Waals surface area contributed by atoms with E-state index >= 15 is 0 Å². The summed E-state index contributed by atoms with van der Waals surface area (Å²) in [6.45, 7) is 4.42. The summed E-state index contributed by atoms with van der Waals surface area (Å²) in [5.74, 6) is 0.365. The van der Waals surface area contributed by atoms with E-state index in [9.17, 15) is 4.39 Å². The molecule has 0 aliphatic rings. The van der Waals surface area contributed by atoms with Crippen molar-refractivity contribution in [3.8, 4) is 5.75 Å². The minimum absolute atomic E-state index is 0.250. The maximum absolute atomic E-state index is 14.0. The molecule has 0 atom stereocenters. The van der Waals surface area contributed by atoms with Gasteiger partial charge in [-0.15, -0.1) is 5.10 Å². The normalized spacial score (nSPS) is 10.8. The molecule has 8 heteroatoms. The summed E-state index contributed by atoms with van der Waals surface area (Å²) >= 11 is 1.40. The molecule has 1 aromatic heterocycles. The van der Waals surface area contributed by atoms with Crippen molar-refractivity contribution in [2.24, 2.45) is 0 Å². The van der Waals surface area contributed by atoms with Gasteiger partial charge in [0.2, 0.25) is 5.16 Å². The Hall–Kier alpha value is -1.67. The molecule has 0 bridgehead atoms. The first-order chi connectivity index (χ1) is 10.3. The first-order valence-corrected chi connectivity index (χ1v) is 7.65. The Balaban J connectivity index is 1.99. The fourth-order valence-electron chi connectivity index (χ4n) is 1.77. The number of nitrogens with one attached hydrogen (secondary N) is 1. The summed E-state index contributed by atoms with van der Waals surface area (Å²) in [5.41, 5.74) is 0.570. The number of likely N-dealkylation sites (N-methyl/N-ethyl adjacent to an activating group) is 1. The Morgan fingerprint density at radius 1 is 1.43 bits per heavy atom. The smallest absolute Gasteiger partial charge is 0.209 e. The Morgan fingerprint density at radius 2 is 2.29 bits per heavy atom. The van der Waals surface area contributed by atoms with Gasteiger partial charge in [0.1, 0.15) is 0 Å². The van der Waals surface area contributed by atoms with E-state index in [1.165, 1.54) is 18.9 Å².